The molecule has 5 heteroatoms. The van der Waals surface area contributed by atoms with Crippen LogP contribution in [-0.4, -0.2) is 15.6 Å². The zero-order chi connectivity index (χ0) is 12.4. The molecule has 0 spiro atoms. The van der Waals surface area contributed by atoms with Gasteiger partial charge in [0.2, 0.25) is 0 Å². The highest BCUT2D eigenvalue weighted by atomic mass is 35.5. The molecule has 0 aliphatic rings. The van der Waals surface area contributed by atoms with Crippen LogP contribution in [0.25, 0.3) is 5.69 Å². The van der Waals surface area contributed by atoms with Crippen LogP contribution < -0.4 is 5.73 Å². The van der Waals surface area contributed by atoms with Gasteiger partial charge in [-0.15, -0.1) is 0 Å². The highest BCUT2D eigenvalue weighted by molar-refractivity contribution is 6.33. The van der Waals surface area contributed by atoms with Crippen molar-refractivity contribution in [3.63, 3.8) is 0 Å². The van der Waals surface area contributed by atoms with Gasteiger partial charge in [-0.2, -0.15) is 0 Å². The standard InChI is InChI=1S/C12H11ClN2O2/c13-11-2-1-9(5-10(11)12(16)17)15-4-3-8(6-14)7-15/h1-5,7H,6,14H2,(H,16,17). The van der Waals surface area contributed by atoms with Crippen LogP contribution in [0.4, 0.5) is 0 Å². The fourth-order valence-corrected chi connectivity index (χ4v) is 1.76. The molecule has 0 atom stereocenters. The molecule has 0 unspecified atom stereocenters. The number of carboxylic acid groups (broad SMARTS) is 1. The van der Waals surface area contributed by atoms with E-state index in [1.54, 1.807) is 12.1 Å². The van der Waals surface area contributed by atoms with Crippen LogP contribution >= 0.6 is 11.6 Å². The lowest BCUT2D eigenvalue weighted by Gasteiger charge is -2.05. The molecule has 0 aliphatic heterocycles. The summed E-state index contributed by atoms with van der Waals surface area (Å²) in [7, 11) is 0. The van der Waals surface area contributed by atoms with Crippen molar-refractivity contribution in [1.82, 2.24) is 4.57 Å². The van der Waals surface area contributed by atoms with Gasteiger partial charge in [0.1, 0.15) is 0 Å². The predicted octanol–water partition coefficient (Wildman–Crippen LogP) is 2.29. The molecular weight excluding hydrogens is 240 g/mol. The smallest absolute Gasteiger partial charge is 0.337 e. The fourth-order valence-electron chi connectivity index (χ4n) is 1.56. The van der Waals surface area contributed by atoms with Crippen molar-refractivity contribution >= 4 is 17.6 Å². The molecular formula is C12H11ClN2O2. The van der Waals surface area contributed by atoms with Gasteiger partial charge in [0, 0.05) is 24.6 Å². The Kier molecular flexibility index (Phi) is 3.17. The van der Waals surface area contributed by atoms with Gasteiger partial charge in [0.25, 0.3) is 0 Å². The number of carbonyl (C=O) groups is 1. The quantitative estimate of drug-likeness (QED) is 0.878. The van der Waals surface area contributed by atoms with Crippen molar-refractivity contribution < 1.29 is 9.90 Å². The monoisotopic (exact) mass is 250 g/mol. The molecule has 1 heterocycles. The van der Waals surface area contributed by atoms with Gasteiger partial charge < -0.3 is 15.4 Å². The molecule has 0 aliphatic carbocycles. The maximum Gasteiger partial charge on any atom is 0.337 e. The average Bonchev–Trinajstić information content (AvgIpc) is 2.78. The number of hydrogen-bond acceptors (Lipinski definition) is 2. The van der Waals surface area contributed by atoms with E-state index in [1.165, 1.54) is 6.07 Å². The summed E-state index contributed by atoms with van der Waals surface area (Å²) in [6, 6.07) is 6.75. The van der Waals surface area contributed by atoms with E-state index in [-0.39, 0.29) is 10.6 Å². The number of hydrogen-bond donors (Lipinski definition) is 2. The summed E-state index contributed by atoms with van der Waals surface area (Å²) in [6.07, 6.45) is 3.69. The summed E-state index contributed by atoms with van der Waals surface area (Å²) in [5, 5.41) is 9.20. The first-order valence-corrected chi connectivity index (χ1v) is 5.40. The van der Waals surface area contributed by atoms with Gasteiger partial charge in [0.15, 0.2) is 0 Å². The SMILES string of the molecule is NCc1ccn(-c2ccc(Cl)c(C(=O)O)c2)c1. The van der Waals surface area contributed by atoms with Crippen LogP contribution in [0.15, 0.2) is 36.7 Å². The van der Waals surface area contributed by atoms with Crippen LogP contribution in [0.1, 0.15) is 15.9 Å². The Labute approximate surface area is 103 Å². The second-order valence-corrected chi connectivity index (χ2v) is 4.01. The van der Waals surface area contributed by atoms with E-state index in [0.717, 1.165) is 11.3 Å². The summed E-state index contributed by atoms with van der Waals surface area (Å²) in [4.78, 5) is 11.0. The molecule has 0 bridgehead atoms. The third kappa shape index (κ3) is 2.33. The van der Waals surface area contributed by atoms with Gasteiger partial charge in [-0.05, 0) is 29.8 Å². The van der Waals surface area contributed by atoms with E-state index in [0.29, 0.717) is 6.54 Å². The topological polar surface area (TPSA) is 68.2 Å². The molecule has 4 nitrogen and oxygen atoms in total. The van der Waals surface area contributed by atoms with E-state index >= 15 is 0 Å². The van der Waals surface area contributed by atoms with Crippen molar-refractivity contribution in [3.05, 3.63) is 52.8 Å². The minimum Gasteiger partial charge on any atom is -0.478 e. The third-order valence-corrected chi connectivity index (χ3v) is 2.80. The number of aromatic nitrogens is 1. The Morgan fingerprint density at radius 1 is 1.41 bits per heavy atom. The van der Waals surface area contributed by atoms with Gasteiger partial charge in [-0.25, -0.2) is 4.79 Å². The normalized spacial score (nSPS) is 10.5. The molecule has 17 heavy (non-hydrogen) atoms. The predicted molar refractivity (Wildman–Crippen MR) is 65.6 cm³/mol. The number of nitrogens with two attached hydrogens (primary N) is 1. The highest BCUT2D eigenvalue weighted by Crippen LogP contribution is 2.20. The number of carboxylic acids is 1. The number of aromatic carboxylic acids is 1. The zero-order valence-corrected chi connectivity index (χ0v) is 9.69. The minimum absolute atomic E-state index is 0.0900. The van der Waals surface area contributed by atoms with Crippen molar-refractivity contribution in [2.24, 2.45) is 5.73 Å². The molecule has 3 N–H and O–H groups in total. The molecule has 0 radical (unpaired) electrons. The lowest BCUT2D eigenvalue weighted by atomic mass is 10.2. The van der Waals surface area contributed by atoms with Crippen LogP contribution in [0, 0.1) is 0 Å². The molecule has 0 saturated carbocycles. The van der Waals surface area contributed by atoms with Crippen LogP contribution in [0.5, 0.6) is 0 Å². The van der Waals surface area contributed by atoms with Gasteiger partial charge >= 0.3 is 5.97 Å². The number of nitrogens with zero attached hydrogens (tertiary/aromatic N) is 1. The Balaban J connectivity index is 2.46. The molecule has 0 amide bonds. The van der Waals surface area contributed by atoms with Crippen molar-refractivity contribution in [1.29, 1.82) is 0 Å². The maximum absolute atomic E-state index is 11.0. The molecule has 1 aromatic heterocycles. The molecule has 0 saturated heterocycles. The lowest BCUT2D eigenvalue weighted by molar-refractivity contribution is 0.0697. The number of benzene rings is 1. The first kappa shape index (κ1) is 11.7. The molecule has 0 fully saturated rings. The Morgan fingerprint density at radius 3 is 2.76 bits per heavy atom. The highest BCUT2D eigenvalue weighted by Gasteiger charge is 2.10. The first-order chi connectivity index (χ1) is 8.11. The Bertz CT molecular complexity index is 563. The number of rotatable bonds is 3. The molecule has 2 aromatic rings. The third-order valence-electron chi connectivity index (χ3n) is 2.47. The second-order valence-electron chi connectivity index (χ2n) is 3.60. The van der Waals surface area contributed by atoms with Crippen LogP contribution in [0.2, 0.25) is 5.02 Å². The summed E-state index contributed by atoms with van der Waals surface area (Å²) in [5.41, 5.74) is 7.33. The summed E-state index contributed by atoms with van der Waals surface area (Å²) in [6.45, 7) is 0.451. The van der Waals surface area contributed by atoms with E-state index < -0.39 is 5.97 Å². The Hall–Kier alpha value is -1.78. The van der Waals surface area contributed by atoms with Gasteiger partial charge in [-0.1, -0.05) is 11.6 Å². The number of halogens is 1. The van der Waals surface area contributed by atoms with E-state index in [2.05, 4.69) is 0 Å². The van der Waals surface area contributed by atoms with Crippen LogP contribution in [0.3, 0.4) is 0 Å². The van der Waals surface area contributed by atoms with E-state index in [1.807, 2.05) is 23.0 Å². The zero-order valence-electron chi connectivity index (χ0n) is 8.93. The van der Waals surface area contributed by atoms with Crippen molar-refractivity contribution in [2.45, 2.75) is 6.54 Å². The van der Waals surface area contributed by atoms with Gasteiger partial charge in [0.05, 0.1) is 10.6 Å². The van der Waals surface area contributed by atoms with Crippen LogP contribution in [-0.2, 0) is 6.54 Å². The molecule has 1 aromatic carbocycles. The first-order valence-electron chi connectivity index (χ1n) is 5.02. The van der Waals surface area contributed by atoms with E-state index in [9.17, 15) is 4.79 Å². The summed E-state index contributed by atoms with van der Waals surface area (Å²) in [5.74, 6) is -1.04. The average molecular weight is 251 g/mol. The summed E-state index contributed by atoms with van der Waals surface area (Å²) >= 11 is 5.80. The molecule has 2 rings (SSSR count). The largest absolute Gasteiger partial charge is 0.478 e. The summed E-state index contributed by atoms with van der Waals surface area (Å²) < 4.78 is 1.81. The Morgan fingerprint density at radius 2 is 2.18 bits per heavy atom. The maximum atomic E-state index is 11.0. The van der Waals surface area contributed by atoms with Crippen molar-refractivity contribution in [2.75, 3.05) is 0 Å². The second kappa shape index (κ2) is 4.61. The minimum atomic E-state index is -1.04. The van der Waals surface area contributed by atoms with E-state index in [4.69, 9.17) is 22.4 Å². The fraction of sp³-hybridized carbons (Fsp3) is 0.0833. The molecule has 88 valence electrons. The van der Waals surface area contributed by atoms with Gasteiger partial charge in [-0.3, -0.25) is 0 Å². The lowest BCUT2D eigenvalue weighted by Crippen LogP contribution is -2.00. The van der Waals surface area contributed by atoms with Crippen molar-refractivity contribution in [3.8, 4) is 5.69 Å².